The summed E-state index contributed by atoms with van der Waals surface area (Å²) in [6, 6.07) is 9.75. The fraction of sp³-hybridized carbons (Fsp3) is 0.379. The lowest BCUT2D eigenvalue weighted by molar-refractivity contribution is -0.130. The van der Waals surface area contributed by atoms with Gasteiger partial charge in [-0.3, -0.25) is 19.8 Å². The summed E-state index contributed by atoms with van der Waals surface area (Å²) in [4.78, 5) is 41.3. The lowest BCUT2D eigenvalue weighted by atomic mass is 10.0. The van der Waals surface area contributed by atoms with Crippen molar-refractivity contribution in [3.8, 4) is 5.75 Å². The van der Waals surface area contributed by atoms with E-state index in [0.29, 0.717) is 29.0 Å². The molecule has 3 aromatic rings. The highest BCUT2D eigenvalue weighted by molar-refractivity contribution is 7.89. The second-order valence-corrected chi connectivity index (χ2v) is 12.1. The van der Waals surface area contributed by atoms with Crippen molar-refractivity contribution in [2.75, 3.05) is 12.4 Å². The number of rotatable bonds is 17. The number of carbonyl (C=O) groups excluding carboxylic acids is 3. The Morgan fingerprint density at radius 2 is 1.74 bits per heavy atom. The fourth-order valence-electron chi connectivity index (χ4n) is 4.29. The van der Waals surface area contributed by atoms with Gasteiger partial charge in [0.15, 0.2) is 0 Å². The lowest BCUT2D eigenvalue weighted by Crippen LogP contribution is -2.54. The summed E-state index contributed by atoms with van der Waals surface area (Å²) in [5.41, 5.74) is 13.5. The highest BCUT2D eigenvalue weighted by atomic mass is 32.2. The van der Waals surface area contributed by atoms with Gasteiger partial charge in [-0.1, -0.05) is 31.2 Å². The Morgan fingerprint density at radius 3 is 2.37 bits per heavy atom. The highest BCUT2D eigenvalue weighted by Crippen LogP contribution is 2.25. The van der Waals surface area contributed by atoms with Crippen molar-refractivity contribution >= 4 is 44.5 Å². The first-order valence-corrected chi connectivity index (χ1v) is 15.6. The van der Waals surface area contributed by atoms with E-state index in [4.69, 9.17) is 21.6 Å². The van der Waals surface area contributed by atoms with Gasteiger partial charge >= 0.3 is 0 Å². The molecule has 0 radical (unpaired) electrons. The standard InChI is InChI=1S/C29H39N7O6S/c1-3-13-42-21-9-10-23-22(15-21)20(17-33-23)14-25(36-43(40,41)4-2)29(39)35-24(11-12-26(30)37)28(38)34-16-18-5-7-19(8-6-18)27(31)32/h5-10,15,17,24-25,33,36H,3-4,11-14,16H2,1-2H3,(H2,30,37)(H3,31,32)(H,34,38)(H,35,39). The van der Waals surface area contributed by atoms with Gasteiger partial charge in [-0.25, -0.2) is 13.1 Å². The molecule has 0 saturated heterocycles. The third-order valence-corrected chi connectivity index (χ3v) is 8.10. The normalized spacial score (nSPS) is 12.8. The maximum atomic E-state index is 13.5. The van der Waals surface area contributed by atoms with Crippen LogP contribution in [0.15, 0.2) is 48.7 Å². The molecule has 43 heavy (non-hydrogen) atoms. The minimum Gasteiger partial charge on any atom is -0.494 e. The van der Waals surface area contributed by atoms with Gasteiger partial charge in [-0.15, -0.1) is 0 Å². The molecule has 1 heterocycles. The van der Waals surface area contributed by atoms with Crippen LogP contribution >= 0.6 is 0 Å². The summed E-state index contributed by atoms with van der Waals surface area (Å²) in [5.74, 6) is -1.67. The average Bonchev–Trinajstić information content (AvgIpc) is 3.38. The molecule has 0 aliphatic carbocycles. The highest BCUT2D eigenvalue weighted by Gasteiger charge is 2.29. The third kappa shape index (κ3) is 9.82. The Bertz CT molecular complexity index is 1550. The zero-order valence-electron chi connectivity index (χ0n) is 24.2. The second-order valence-electron chi connectivity index (χ2n) is 10.0. The van der Waals surface area contributed by atoms with Crippen molar-refractivity contribution in [1.82, 2.24) is 20.3 Å². The number of hydrogen-bond donors (Lipinski definition) is 7. The number of nitrogen functional groups attached to an aromatic ring is 1. The number of sulfonamides is 1. The molecule has 3 amide bonds. The van der Waals surface area contributed by atoms with Gasteiger partial charge < -0.3 is 31.8 Å². The molecule has 232 valence electrons. The average molecular weight is 614 g/mol. The molecule has 13 nitrogen and oxygen atoms in total. The predicted molar refractivity (Wildman–Crippen MR) is 164 cm³/mol. The van der Waals surface area contributed by atoms with Crippen LogP contribution in [0.4, 0.5) is 0 Å². The number of ether oxygens (including phenoxy) is 1. The largest absolute Gasteiger partial charge is 0.494 e. The van der Waals surface area contributed by atoms with Crippen LogP contribution in [0.5, 0.6) is 5.75 Å². The van der Waals surface area contributed by atoms with Crippen LogP contribution in [0.2, 0.25) is 0 Å². The molecule has 2 aromatic carbocycles. The van der Waals surface area contributed by atoms with Crippen LogP contribution in [0.1, 0.15) is 49.8 Å². The maximum absolute atomic E-state index is 13.5. The van der Waals surface area contributed by atoms with E-state index in [-0.39, 0.29) is 37.4 Å². The summed E-state index contributed by atoms with van der Waals surface area (Å²) in [6.45, 7) is 4.08. The van der Waals surface area contributed by atoms with Crippen LogP contribution in [0.3, 0.4) is 0 Å². The molecule has 2 unspecified atom stereocenters. The van der Waals surface area contributed by atoms with E-state index in [2.05, 4.69) is 20.3 Å². The SMILES string of the molecule is CCCOc1ccc2[nH]cc(CC(NS(=O)(=O)CC)C(=O)NC(CCC(N)=O)C(=O)NCc3ccc(C(=N)N)cc3)c2c1. The first-order chi connectivity index (χ1) is 20.4. The topological polar surface area (TPSA) is 222 Å². The minimum atomic E-state index is -3.82. The number of primary amides is 1. The van der Waals surface area contributed by atoms with Gasteiger partial charge in [-0.2, -0.15) is 0 Å². The van der Waals surface area contributed by atoms with E-state index in [9.17, 15) is 22.8 Å². The van der Waals surface area contributed by atoms with Crippen LogP contribution in [-0.4, -0.2) is 61.4 Å². The van der Waals surface area contributed by atoms with Crippen molar-refractivity contribution in [3.05, 3.63) is 65.4 Å². The van der Waals surface area contributed by atoms with Crippen LogP contribution in [0.25, 0.3) is 10.9 Å². The molecule has 1 aromatic heterocycles. The third-order valence-electron chi connectivity index (χ3n) is 6.70. The number of aromatic amines is 1. The Hall–Kier alpha value is -4.43. The van der Waals surface area contributed by atoms with E-state index < -0.39 is 39.8 Å². The molecule has 2 atom stereocenters. The molecule has 0 bridgehead atoms. The second kappa shape index (κ2) is 15.2. The lowest BCUT2D eigenvalue weighted by Gasteiger charge is -2.23. The van der Waals surface area contributed by atoms with E-state index in [1.54, 1.807) is 30.5 Å². The first-order valence-electron chi connectivity index (χ1n) is 13.9. The quantitative estimate of drug-likeness (QED) is 0.0868. The molecular formula is C29H39N7O6S. The molecule has 0 saturated carbocycles. The predicted octanol–water partition coefficient (Wildman–Crippen LogP) is 1.16. The van der Waals surface area contributed by atoms with Crippen molar-refractivity contribution in [1.29, 1.82) is 5.41 Å². The van der Waals surface area contributed by atoms with Crippen LogP contribution in [0, 0.1) is 5.41 Å². The Kier molecular flexibility index (Phi) is 11.7. The minimum absolute atomic E-state index is 0.0189. The van der Waals surface area contributed by atoms with Gasteiger partial charge in [0, 0.05) is 35.6 Å². The summed E-state index contributed by atoms with van der Waals surface area (Å²) in [6.07, 6.45) is 2.24. The van der Waals surface area contributed by atoms with E-state index in [1.165, 1.54) is 6.92 Å². The summed E-state index contributed by atoms with van der Waals surface area (Å²) in [5, 5.41) is 13.6. The smallest absolute Gasteiger partial charge is 0.242 e. The van der Waals surface area contributed by atoms with Gasteiger partial charge in [0.25, 0.3) is 0 Å². The van der Waals surface area contributed by atoms with Gasteiger partial charge in [0.2, 0.25) is 27.7 Å². The van der Waals surface area contributed by atoms with E-state index in [0.717, 1.165) is 17.3 Å². The molecule has 9 N–H and O–H groups in total. The number of amides is 3. The molecule has 3 rings (SSSR count). The van der Waals surface area contributed by atoms with Crippen molar-refractivity contribution in [3.63, 3.8) is 0 Å². The molecule has 0 spiro atoms. The Morgan fingerprint density at radius 1 is 1.02 bits per heavy atom. The van der Waals surface area contributed by atoms with Crippen molar-refractivity contribution in [2.24, 2.45) is 11.5 Å². The Balaban J connectivity index is 1.81. The van der Waals surface area contributed by atoms with E-state index >= 15 is 0 Å². The van der Waals surface area contributed by atoms with Crippen molar-refractivity contribution < 1.29 is 27.5 Å². The summed E-state index contributed by atoms with van der Waals surface area (Å²) in [7, 11) is -3.82. The van der Waals surface area contributed by atoms with Crippen LogP contribution in [-0.2, 0) is 37.4 Å². The molecule has 0 aliphatic rings. The summed E-state index contributed by atoms with van der Waals surface area (Å²) < 4.78 is 33.3. The van der Waals surface area contributed by atoms with Gasteiger partial charge in [0.05, 0.1) is 12.4 Å². The Labute approximate surface area is 250 Å². The number of H-pyrrole nitrogens is 1. The number of nitrogens with two attached hydrogens (primary N) is 2. The number of hydrogen-bond acceptors (Lipinski definition) is 7. The zero-order chi connectivity index (χ0) is 31.6. The first kappa shape index (κ1) is 33.1. The zero-order valence-corrected chi connectivity index (χ0v) is 25.1. The van der Waals surface area contributed by atoms with Gasteiger partial charge in [-0.05, 0) is 55.5 Å². The number of carbonyl (C=O) groups is 3. The molecule has 0 aliphatic heterocycles. The molecular weight excluding hydrogens is 574 g/mol. The van der Waals surface area contributed by atoms with Gasteiger partial charge in [0.1, 0.15) is 23.7 Å². The number of aromatic nitrogens is 1. The fourth-order valence-corrected chi connectivity index (χ4v) is 5.08. The number of benzene rings is 2. The summed E-state index contributed by atoms with van der Waals surface area (Å²) >= 11 is 0. The monoisotopic (exact) mass is 613 g/mol. The molecule has 0 fully saturated rings. The van der Waals surface area contributed by atoms with Crippen molar-refractivity contribution in [2.45, 2.75) is 58.2 Å². The van der Waals surface area contributed by atoms with E-state index in [1.807, 2.05) is 25.1 Å². The number of nitrogens with one attached hydrogen (secondary N) is 5. The number of amidine groups is 1. The molecule has 14 heteroatoms. The maximum Gasteiger partial charge on any atom is 0.242 e. The van der Waals surface area contributed by atoms with Crippen LogP contribution < -0.4 is 31.6 Å². The number of fused-ring (bicyclic) bond motifs is 1.